The number of aliphatic hydroxyl groups is 1. The first-order valence-electron chi connectivity index (χ1n) is 9.16. The number of nitrogens with one attached hydrogen (secondary N) is 2. The Bertz CT molecular complexity index is 889. The molecule has 0 saturated carbocycles. The van der Waals surface area contributed by atoms with Crippen LogP contribution in [0.15, 0.2) is 12.1 Å². The summed E-state index contributed by atoms with van der Waals surface area (Å²) in [4.78, 5) is 40.7. The number of aliphatic hydroxyl groups excluding tert-OH is 1. The van der Waals surface area contributed by atoms with E-state index in [1.807, 2.05) is 6.92 Å². The van der Waals surface area contributed by atoms with Gasteiger partial charge in [0, 0.05) is 29.4 Å². The van der Waals surface area contributed by atoms with Gasteiger partial charge in [0.25, 0.3) is 0 Å². The van der Waals surface area contributed by atoms with Crippen molar-refractivity contribution in [1.29, 1.82) is 0 Å². The lowest BCUT2D eigenvalue weighted by Gasteiger charge is -2.30. The summed E-state index contributed by atoms with van der Waals surface area (Å²) in [5.41, 5.74) is 0.434. The van der Waals surface area contributed by atoms with Gasteiger partial charge in [0.15, 0.2) is 0 Å². The number of hydrogen-bond donors (Lipinski definition) is 3. The molecule has 4 rings (SSSR count). The molecule has 1 spiro atoms. The van der Waals surface area contributed by atoms with Crippen molar-refractivity contribution >= 4 is 35.0 Å². The number of ether oxygens (including phenoxy) is 1. The number of amides is 3. The minimum absolute atomic E-state index is 0.104. The topological polar surface area (TPSA) is 108 Å². The molecule has 150 valence electrons. The molecule has 2 saturated heterocycles. The molecule has 9 heteroatoms. The van der Waals surface area contributed by atoms with E-state index in [2.05, 4.69) is 10.6 Å². The summed E-state index contributed by atoms with van der Waals surface area (Å²) in [5, 5.41) is 16.7. The highest BCUT2D eigenvalue weighted by Crippen LogP contribution is 2.54. The summed E-state index contributed by atoms with van der Waals surface area (Å²) in [7, 11) is 1.49. The van der Waals surface area contributed by atoms with Crippen molar-refractivity contribution in [2.24, 2.45) is 11.8 Å². The van der Waals surface area contributed by atoms with Crippen molar-refractivity contribution in [3.05, 3.63) is 28.3 Å². The Kier molecular flexibility index (Phi) is 4.50. The van der Waals surface area contributed by atoms with Crippen LogP contribution < -0.4 is 10.6 Å². The van der Waals surface area contributed by atoms with E-state index < -0.39 is 47.2 Å². The normalized spacial score (nSPS) is 32.1. The van der Waals surface area contributed by atoms with Crippen LogP contribution in [0.2, 0.25) is 5.02 Å². The number of aryl methyl sites for hydroxylation is 1. The molecule has 0 aliphatic carbocycles. The predicted molar refractivity (Wildman–Crippen MR) is 101 cm³/mol. The number of nitrogens with zero attached hydrogens (tertiary/aromatic N) is 1. The van der Waals surface area contributed by atoms with E-state index in [-0.39, 0.29) is 13.2 Å². The lowest BCUT2D eigenvalue weighted by molar-refractivity contribution is -0.143. The molecular weight excluding hydrogens is 386 g/mol. The average molecular weight is 408 g/mol. The second-order valence-corrected chi connectivity index (χ2v) is 8.08. The SMILES string of the molecule is COCCN1C(=O)[C@@H]2[C@H]([C@H](C)O)N[C@]3(C(=O)Nc4c(C)cc(Cl)cc43)[C@@H]2C1=O. The number of likely N-dealkylation sites (tertiary alicyclic amines) is 1. The maximum atomic E-state index is 13.3. The molecule has 2 fully saturated rings. The fourth-order valence-corrected chi connectivity index (χ4v) is 5.11. The zero-order chi connectivity index (χ0) is 20.4. The third-order valence-corrected chi connectivity index (χ3v) is 6.27. The maximum absolute atomic E-state index is 13.3. The fraction of sp³-hybridized carbons (Fsp3) is 0.526. The number of rotatable bonds is 4. The molecule has 0 bridgehead atoms. The summed E-state index contributed by atoms with van der Waals surface area (Å²) < 4.78 is 5.01. The molecule has 3 aliphatic heterocycles. The van der Waals surface area contributed by atoms with Gasteiger partial charge < -0.3 is 15.2 Å². The third kappa shape index (κ3) is 2.38. The van der Waals surface area contributed by atoms with E-state index in [1.54, 1.807) is 19.1 Å². The van der Waals surface area contributed by atoms with Crippen LogP contribution in [-0.4, -0.2) is 60.1 Å². The van der Waals surface area contributed by atoms with E-state index in [0.29, 0.717) is 16.3 Å². The first kappa shape index (κ1) is 19.3. The zero-order valence-corrected chi connectivity index (χ0v) is 16.5. The molecule has 0 unspecified atom stereocenters. The van der Waals surface area contributed by atoms with Crippen LogP contribution in [0, 0.1) is 18.8 Å². The van der Waals surface area contributed by atoms with Gasteiger partial charge in [-0.1, -0.05) is 11.6 Å². The standard InChI is InChI=1S/C19H22ClN3O5/c1-8-6-10(20)7-11-14(8)21-18(27)19(11)13-12(15(22-19)9(2)24)16(25)23(17(13)26)4-5-28-3/h6-7,9,12-13,15,22,24H,4-5H2,1-3H3,(H,21,27)/t9-,12-,13-,15-,19-/m0/s1. The van der Waals surface area contributed by atoms with Gasteiger partial charge in [-0.2, -0.15) is 0 Å². The molecule has 3 heterocycles. The second-order valence-electron chi connectivity index (χ2n) is 7.64. The first-order chi connectivity index (χ1) is 13.2. The predicted octanol–water partition coefficient (Wildman–Crippen LogP) is 0.396. The molecule has 1 aromatic rings. The molecule has 0 aromatic heterocycles. The Balaban J connectivity index is 1.89. The molecule has 3 aliphatic rings. The minimum Gasteiger partial charge on any atom is -0.392 e. The van der Waals surface area contributed by atoms with E-state index >= 15 is 0 Å². The van der Waals surface area contributed by atoms with Gasteiger partial charge in [0.05, 0.1) is 31.1 Å². The Morgan fingerprint density at radius 2 is 2.04 bits per heavy atom. The lowest BCUT2D eigenvalue weighted by atomic mass is 9.76. The van der Waals surface area contributed by atoms with E-state index in [9.17, 15) is 19.5 Å². The summed E-state index contributed by atoms with van der Waals surface area (Å²) in [6.45, 7) is 3.66. The lowest BCUT2D eigenvalue weighted by Crippen LogP contribution is -2.55. The van der Waals surface area contributed by atoms with E-state index in [4.69, 9.17) is 16.3 Å². The number of halogens is 1. The van der Waals surface area contributed by atoms with Gasteiger partial charge >= 0.3 is 0 Å². The number of imide groups is 1. The van der Waals surface area contributed by atoms with Gasteiger partial charge in [0.2, 0.25) is 17.7 Å². The van der Waals surface area contributed by atoms with Crippen LogP contribution in [0.5, 0.6) is 0 Å². The van der Waals surface area contributed by atoms with Crippen molar-refractivity contribution in [2.45, 2.75) is 31.5 Å². The van der Waals surface area contributed by atoms with Gasteiger partial charge in [-0.25, -0.2) is 0 Å². The highest BCUT2D eigenvalue weighted by molar-refractivity contribution is 6.31. The number of carbonyl (C=O) groups excluding carboxylic acids is 3. The van der Waals surface area contributed by atoms with Crippen molar-refractivity contribution < 1.29 is 24.2 Å². The summed E-state index contributed by atoms with van der Waals surface area (Å²) >= 11 is 6.25. The molecule has 8 nitrogen and oxygen atoms in total. The largest absolute Gasteiger partial charge is 0.392 e. The average Bonchev–Trinajstić information content (AvgIpc) is 3.21. The van der Waals surface area contributed by atoms with Gasteiger partial charge in [-0.05, 0) is 31.5 Å². The number of fused-ring (bicyclic) bond motifs is 4. The quantitative estimate of drug-likeness (QED) is 0.623. The fourth-order valence-electron chi connectivity index (χ4n) is 4.84. The van der Waals surface area contributed by atoms with Crippen LogP contribution >= 0.6 is 11.6 Å². The van der Waals surface area contributed by atoms with Crippen molar-refractivity contribution in [1.82, 2.24) is 10.2 Å². The zero-order valence-electron chi connectivity index (χ0n) is 15.8. The van der Waals surface area contributed by atoms with Crippen LogP contribution in [0.4, 0.5) is 5.69 Å². The first-order valence-corrected chi connectivity index (χ1v) is 9.53. The van der Waals surface area contributed by atoms with Gasteiger partial charge in [0.1, 0.15) is 5.54 Å². The summed E-state index contributed by atoms with van der Waals surface area (Å²) in [6.07, 6.45) is -0.942. The number of hydrogen-bond acceptors (Lipinski definition) is 6. The number of carbonyl (C=O) groups is 3. The Hall–Kier alpha value is -2.00. The third-order valence-electron chi connectivity index (χ3n) is 6.05. The highest BCUT2D eigenvalue weighted by Gasteiger charge is 2.71. The van der Waals surface area contributed by atoms with Crippen molar-refractivity contribution in [3.8, 4) is 0 Å². The molecular formula is C19H22ClN3O5. The van der Waals surface area contributed by atoms with Crippen LogP contribution in [0.1, 0.15) is 18.1 Å². The molecule has 3 amide bonds. The molecule has 3 N–H and O–H groups in total. The van der Waals surface area contributed by atoms with Crippen LogP contribution in [0.25, 0.3) is 0 Å². The number of anilines is 1. The smallest absolute Gasteiger partial charge is 0.250 e. The van der Waals surface area contributed by atoms with Crippen LogP contribution in [0.3, 0.4) is 0 Å². The second kappa shape index (κ2) is 6.52. The molecule has 0 radical (unpaired) electrons. The van der Waals surface area contributed by atoms with Gasteiger partial charge in [-0.3, -0.25) is 24.6 Å². The number of methoxy groups -OCH3 is 1. The minimum atomic E-state index is -1.45. The van der Waals surface area contributed by atoms with Gasteiger partial charge in [-0.15, -0.1) is 0 Å². The molecule has 1 aromatic carbocycles. The summed E-state index contributed by atoms with van der Waals surface area (Å²) in [5.74, 6) is -3.07. The monoisotopic (exact) mass is 407 g/mol. The van der Waals surface area contributed by atoms with Crippen LogP contribution in [-0.2, 0) is 24.7 Å². The van der Waals surface area contributed by atoms with E-state index in [0.717, 1.165) is 10.5 Å². The maximum Gasteiger partial charge on any atom is 0.250 e. The molecule has 5 atom stereocenters. The molecule has 28 heavy (non-hydrogen) atoms. The van der Waals surface area contributed by atoms with Crippen molar-refractivity contribution in [3.63, 3.8) is 0 Å². The van der Waals surface area contributed by atoms with E-state index in [1.165, 1.54) is 7.11 Å². The van der Waals surface area contributed by atoms with Crippen molar-refractivity contribution in [2.75, 3.05) is 25.6 Å². The number of benzene rings is 1. The Morgan fingerprint density at radius 3 is 2.68 bits per heavy atom. The Morgan fingerprint density at radius 1 is 1.32 bits per heavy atom. The summed E-state index contributed by atoms with van der Waals surface area (Å²) in [6, 6.07) is 2.63. The highest BCUT2D eigenvalue weighted by atomic mass is 35.5. The Labute approximate surface area is 167 Å².